The molecule has 3 heteroatoms. The number of ether oxygens (including phenoxy) is 2. The maximum atomic E-state index is 10.7. The van der Waals surface area contributed by atoms with E-state index in [2.05, 4.69) is 20.8 Å². The Bertz CT molecular complexity index is 356. The lowest BCUT2D eigenvalue weighted by molar-refractivity contribution is -0.306. The zero-order valence-electron chi connectivity index (χ0n) is 19.0. The summed E-state index contributed by atoms with van der Waals surface area (Å²) in [5, 5.41) is 10.7. The third-order valence-corrected chi connectivity index (χ3v) is 6.28. The monoisotopic (exact) mass is 384 g/mol. The van der Waals surface area contributed by atoms with E-state index in [1.54, 1.807) is 0 Å². The fourth-order valence-electron chi connectivity index (χ4n) is 4.25. The SMILES string of the molecule is CCCCCCCCCCCCC[C@@H](O)[C@H](C)[C@H]1OC(C)(C)OC[C@@H]1CC. The number of aliphatic hydroxyl groups excluding tert-OH is 1. The van der Waals surface area contributed by atoms with E-state index in [1.807, 2.05) is 13.8 Å². The molecular weight excluding hydrogens is 336 g/mol. The van der Waals surface area contributed by atoms with Crippen LogP contribution in [0.4, 0.5) is 0 Å². The third-order valence-electron chi connectivity index (χ3n) is 6.28. The number of aliphatic hydroxyl groups is 1. The second-order valence-corrected chi connectivity index (χ2v) is 9.21. The van der Waals surface area contributed by atoms with E-state index in [-0.39, 0.29) is 18.1 Å². The first-order valence-corrected chi connectivity index (χ1v) is 11.9. The summed E-state index contributed by atoms with van der Waals surface area (Å²) in [6, 6.07) is 0. The van der Waals surface area contributed by atoms with Crippen LogP contribution < -0.4 is 0 Å². The van der Waals surface area contributed by atoms with Crippen LogP contribution in [0, 0.1) is 11.8 Å². The molecular formula is C24H48O3. The number of unbranched alkanes of at least 4 members (excludes halogenated alkanes) is 10. The van der Waals surface area contributed by atoms with E-state index in [4.69, 9.17) is 9.47 Å². The maximum Gasteiger partial charge on any atom is 0.163 e. The van der Waals surface area contributed by atoms with Crippen LogP contribution in [0.25, 0.3) is 0 Å². The Hall–Kier alpha value is -0.120. The highest BCUT2D eigenvalue weighted by Gasteiger charge is 2.40. The first-order valence-electron chi connectivity index (χ1n) is 11.9. The van der Waals surface area contributed by atoms with Crippen LogP contribution in [-0.4, -0.2) is 29.7 Å². The van der Waals surface area contributed by atoms with Crippen LogP contribution in [0.1, 0.15) is 118 Å². The molecule has 0 spiro atoms. The highest BCUT2D eigenvalue weighted by Crippen LogP contribution is 2.34. The second-order valence-electron chi connectivity index (χ2n) is 9.21. The van der Waals surface area contributed by atoms with Crippen LogP contribution in [0.2, 0.25) is 0 Å². The Morgan fingerprint density at radius 1 is 0.889 bits per heavy atom. The van der Waals surface area contributed by atoms with Crippen LogP contribution in [0.15, 0.2) is 0 Å². The Balaban J connectivity index is 2.12. The molecule has 0 aromatic heterocycles. The lowest BCUT2D eigenvalue weighted by atomic mass is 9.84. The van der Waals surface area contributed by atoms with Crippen LogP contribution in [-0.2, 0) is 9.47 Å². The predicted octanol–water partition coefficient (Wildman–Crippen LogP) is 6.86. The molecule has 3 nitrogen and oxygen atoms in total. The van der Waals surface area contributed by atoms with Crippen molar-refractivity contribution in [2.24, 2.45) is 11.8 Å². The first-order chi connectivity index (χ1) is 12.9. The minimum atomic E-state index is -0.527. The molecule has 1 aliphatic heterocycles. The maximum absolute atomic E-state index is 10.7. The quantitative estimate of drug-likeness (QED) is 0.313. The summed E-state index contributed by atoms with van der Waals surface area (Å²) in [6.45, 7) is 11.3. The van der Waals surface area contributed by atoms with Gasteiger partial charge in [-0.2, -0.15) is 0 Å². The molecule has 4 atom stereocenters. The number of rotatable bonds is 15. The van der Waals surface area contributed by atoms with E-state index in [1.165, 1.54) is 64.2 Å². The van der Waals surface area contributed by atoms with Crippen molar-refractivity contribution in [1.82, 2.24) is 0 Å². The smallest absolute Gasteiger partial charge is 0.163 e. The summed E-state index contributed by atoms with van der Waals surface area (Å²) >= 11 is 0. The molecule has 1 rings (SSSR count). The summed E-state index contributed by atoms with van der Waals surface area (Å²) in [5.41, 5.74) is 0. The van der Waals surface area contributed by atoms with Crippen molar-refractivity contribution >= 4 is 0 Å². The van der Waals surface area contributed by atoms with Crippen molar-refractivity contribution in [2.75, 3.05) is 6.61 Å². The van der Waals surface area contributed by atoms with Gasteiger partial charge in [0, 0.05) is 11.8 Å². The Morgan fingerprint density at radius 2 is 1.41 bits per heavy atom. The third kappa shape index (κ3) is 10.3. The minimum absolute atomic E-state index is 0.0986. The molecule has 0 aromatic rings. The topological polar surface area (TPSA) is 38.7 Å². The molecule has 0 amide bonds. The van der Waals surface area contributed by atoms with Gasteiger partial charge in [0.1, 0.15) is 0 Å². The summed E-state index contributed by atoms with van der Waals surface area (Å²) in [5.74, 6) is 0.0298. The Labute approximate surface area is 169 Å². The van der Waals surface area contributed by atoms with Gasteiger partial charge in [0.15, 0.2) is 5.79 Å². The Morgan fingerprint density at radius 3 is 1.93 bits per heavy atom. The molecule has 1 heterocycles. The van der Waals surface area contributed by atoms with Gasteiger partial charge in [0.2, 0.25) is 0 Å². The molecule has 1 aliphatic rings. The van der Waals surface area contributed by atoms with E-state index in [9.17, 15) is 5.11 Å². The van der Waals surface area contributed by atoms with Crippen molar-refractivity contribution < 1.29 is 14.6 Å². The van der Waals surface area contributed by atoms with Gasteiger partial charge >= 0.3 is 0 Å². The van der Waals surface area contributed by atoms with Gasteiger partial charge in [-0.25, -0.2) is 0 Å². The van der Waals surface area contributed by atoms with Crippen LogP contribution in [0.3, 0.4) is 0 Å². The molecule has 0 saturated carbocycles. The molecule has 0 aromatic carbocycles. The number of hydrogen-bond acceptors (Lipinski definition) is 3. The van der Waals surface area contributed by atoms with E-state index in [0.717, 1.165) is 25.9 Å². The van der Waals surface area contributed by atoms with Gasteiger partial charge in [-0.3, -0.25) is 0 Å². The molecule has 27 heavy (non-hydrogen) atoms. The first kappa shape index (κ1) is 24.9. The lowest BCUT2D eigenvalue weighted by Crippen LogP contribution is -2.50. The van der Waals surface area contributed by atoms with E-state index in [0.29, 0.717) is 5.92 Å². The summed E-state index contributed by atoms with van der Waals surface area (Å²) in [6.07, 6.45) is 16.6. The fraction of sp³-hybridized carbons (Fsp3) is 1.00. The summed E-state index contributed by atoms with van der Waals surface area (Å²) in [7, 11) is 0. The molecule has 0 aliphatic carbocycles. The standard InChI is InChI=1S/C24H48O3/c1-6-8-9-10-11-12-13-14-15-16-17-18-22(25)20(3)23-21(7-2)19-26-24(4,5)27-23/h20-23,25H,6-19H2,1-5H3/t20-,21-,22+,23+/m0/s1. The summed E-state index contributed by atoms with van der Waals surface area (Å²) < 4.78 is 12.0. The van der Waals surface area contributed by atoms with E-state index >= 15 is 0 Å². The largest absolute Gasteiger partial charge is 0.393 e. The second kappa shape index (κ2) is 14.0. The molecule has 1 N–H and O–H groups in total. The van der Waals surface area contributed by atoms with Gasteiger partial charge < -0.3 is 14.6 Å². The van der Waals surface area contributed by atoms with Crippen LogP contribution in [0.5, 0.6) is 0 Å². The van der Waals surface area contributed by atoms with Crippen molar-refractivity contribution in [3.8, 4) is 0 Å². The Kier molecular flexibility index (Phi) is 12.9. The van der Waals surface area contributed by atoms with Crippen LogP contribution >= 0.6 is 0 Å². The van der Waals surface area contributed by atoms with Gasteiger partial charge in [0.05, 0.1) is 18.8 Å². The lowest BCUT2D eigenvalue weighted by Gasteiger charge is -2.44. The van der Waals surface area contributed by atoms with Crippen molar-refractivity contribution in [3.05, 3.63) is 0 Å². The molecule has 1 fully saturated rings. The molecule has 0 radical (unpaired) electrons. The molecule has 1 saturated heterocycles. The highest BCUT2D eigenvalue weighted by molar-refractivity contribution is 4.84. The highest BCUT2D eigenvalue weighted by atomic mass is 16.7. The zero-order valence-corrected chi connectivity index (χ0v) is 19.0. The average Bonchev–Trinajstić information content (AvgIpc) is 2.64. The molecule has 162 valence electrons. The van der Waals surface area contributed by atoms with Crippen molar-refractivity contribution in [1.29, 1.82) is 0 Å². The zero-order chi connectivity index (χ0) is 20.1. The summed E-state index contributed by atoms with van der Waals surface area (Å²) in [4.78, 5) is 0. The number of hydrogen-bond donors (Lipinski definition) is 1. The van der Waals surface area contributed by atoms with Crippen molar-refractivity contribution in [3.63, 3.8) is 0 Å². The van der Waals surface area contributed by atoms with Gasteiger partial charge in [-0.05, 0) is 26.7 Å². The van der Waals surface area contributed by atoms with Gasteiger partial charge in [0.25, 0.3) is 0 Å². The molecule has 0 unspecified atom stereocenters. The normalized spacial score (nSPS) is 24.7. The fourth-order valence-corrected chi connectivity index (χ4v) is 4.25. The predicted molar refractivity (Wildman–Crippen MR) is 115 cm³/mol. The van der Waals surface area contributed by atoms with Crippen molar-refractivity contribution in [2.45, 2.75) is 136 Å². The van der Waals surface area contributed by atoms with Gasteiger partial charge in [-0.15, -0.1) is 0 Å². The van der Waals surface area contributed by atoms with Gasteiger partial charge in [-0.1, -0.05) is 91.4 Å². The average molecular weight is 385 g/mol. The van der Waals surface area contributed by atoms with E-state index < -0.39 is 5.79 Å². The molecule has 0 bridgehead atoms. The minimum Gasteiger partial charge on any atom is -0.393 e.